The van der Waals surface area contributed by atoms with Crippen LogP contribution in [-0.2, 0) is 4.79 Å². The van der Waals surface area contributed by atoms with Crippen LogP contribution in [0.3, 0.4) is 0 Å². The maximum Gasteiger partial charge on any atom is 0.225 e. The van der Waals surface area contributed by atoms with Crippen LogP contribution in [0, 0.1) is 11.3 Å². The predicted octanol–water partition coefficient (Wildman–Crippen LogP) is 2.17. The van der Waals surface area contributed by atoms with Gasteiger partial charge in [0.25, 0.3) is 0 Å². The first-order valence-corrected chi connectivity index (χ1v) is 6.31. The van der Waals surface area contributed by atoms with E-state index >= 15 is 0 Å². The Morgan fingerprint density at radius 1 is 1.25 bits per heavy atom. The minimum absolute atomic E-state index is 0.158. The van der Waals surface area contributed by atoms with Crippen molar-refractivity contribution in [2.45, 2.75) is 54.0 Å². The van der Waals surface area contributed by atoms with Crippen LogP contribution >= 0.6 is 0 Å². The van der Waals surface area contributed by atoms with Crippen LogP contribution in [-0.4, -0.2) is 25.0 Å². The minimum atomic E-state index is -0.264. The maximum absolute atomic E-state index is 12.0. The topological polar surface area (TPSA) is 41.1 Å². The zero-order valence-corrected chi connectivity index (χ0v) is 11.7. The summed E-state index contributed by atoms with van der Waals surface area (Å²) in [6.07, 6.45) is 0.925. The Bertz CT molecular complexity index is 212. The molecule has 0 fully saturated rings. The van der Waals surface area contributed by atoms with E-state index in [1.807, 2.05) is 13.8 Å². The third-order valence-electron chi connectivity index (χ3n) is 2.65. The second kappa shape index (κ2) is 6.89. The number of rotatable bonds is 7. The molecule has 0 heterocycles. The number of carbonyl (C=O) groups is 1. The summed E-state index contributed by atoms with van der Waals surface area (Å²) >= 11 is 0. The Balaban J connectivity index is 4.04. The van der Waals surface area contributed by atoms with E-state index in [2.05, 4.69) is 38.3 Å². The summed E-state index contributed by atoms with van der Waals surface area (Å²) in [5.41, 5.74) is -0.264. The molecule has 1 atom stereocenters. The first kappa shape index (κ1) is 15.4. The molecule has 2 N–H and O–H groups in total. The van der Waals surface area contributed by atoms with Gasteiger partial charge in [0.2, 0.25) is 5.91 Å². The highest BCUT2D eigenvalue weighted by Crippen LogP contribution is 2.25. The van der Waals surface area contributed by atoms with Crippen molar-refractivity contribution in [1.29, 1.82) is 0 Å². The monoisotopic (exact) mass is 228 g/mol. The molecule has 1 amide bonds. The predicted molar refractivity (Wildman–Crippen MR) is 69.4 cm³/mol. The summed E-state index contributed by atoms with van der Waals surface area (Å²) in [5, 5.41) is 6.29. The van der Waals surface area contributed by atoms with Gasteiger partial charge < -0.3 is 10.6 Å². The molecule has 16 heavy (non-hydrogen) atoms. The zero-order valence-electron chi connectivity index (χ0n) is 11.7. The zero-order chi connectivity index (χ0) is 12.8. The average Bonchev–Trinajstić information content (AvgIpc) is 2.12. The molecule has 0 rings (SSSR count). The third-order valence-corrected chi connectivity index (χ3v) is 2.65. The Kier molecular flexibility index (Phi) is 6.65. The van der Waals surface area contributed by atoms with Gasteiger partial charge in [-0.2, -0.15) is 0 Å². The molecule has 0 aromatic carbocycles. The molecule has 0 aromatic heterocycles. The summed E-state index contributed by atoms with van der Waals surface area (Å²) < 4.78 is 0. The number of nitrogens with one attached hydrogen (secondary N) is 2. The number of carbonyl (C=O) groups excluding carboxylic acids is 1. The molecular weight excluding hydrogens is 200 g/mol. The maximum atomic E-state index is 12.0. The smallest absolute Gasteiger partial charge is 0.225 e. The highest BCUT2D eigenvalue weighted by atomic mass is 16.2. The molecule has 0 unspecified atom stereocenters. The number of amides is 1. The van der Waals surface area contributed by atoms with Crippen LogP contribution < -0.4 is 10.6 Å². The minimum Gasteiger partial charge on any atom is -0.354 e. The van der Waals surface area contributed by atoms with E-state index in [1.165, 1.54) is 0 Å². The van der Waals surface area contributed by atoms with E-state index in [4.69, 9.17) is 0 Å². The fraction of sp³-hybridized carbons (Fsp3) is 0.923. The highest BCUT2D eigenvalue weighted by Gasteiger charge is 2.28. The fourth-order valence-corrected chi connectivity index (χ4v) is 2.02. The van der Waals surface area contributed by atoms with Gasteiger partial charge in [-0.3, -0.25) is 4.79 Å². The molecule has 3 heteroatoms. The van der Waals surface area contributed by atoms with Gasteiger partial charge in [-0.25, -0.2) is 0 Å². The van der Waals surface area contributed by atoms with Gasteiger partial charge in [0, 0.05) is 18.0 Å². The van der Waals surface area contributed by atoms with Gasteiger partial charge in [-0.05, 0) is 25.8 Å². The van der Waals surface area contributed by atoms with Crippen molar-refractivity contribution in [3.05, 3.63) is 0 Å². The van der Waals surface area contributed by atoms with Crippen molar-refractivity contribution in [3.8, 4) is 0 Å². The summed E-state index contributed by atoms with van der Waals surface area (Å²) in [6.45, 7) is 14.1. The summed E-state index contributed by atoms with van der Waals surface area (Å²) in [4.78, 5) is 12.0. The molecule has 0 saturated heterocycles. The van der Waals surface area contributed by atoms with E-state index in [9.17, 15) is 4.79 Å². The molecule has 3 nitrogen and oxygen atoms in total. The van der Waals surface area contributed by atoms with Crippen LogP contribution in [0.1, 0.15) is 48.0 Å². The molecule has 0 aromatic rings. The lowest BCUT2D eigenvalue weighted by atomic mass is 9.83. The van der Waals surface area contributed by atoms with Crippen molar-refractivity contribution >= 4 is 5.91 Å². The quantitative estimate of drug-likeness (QED) is 0.701. The number of likely N-dealkylation sites (N-methyl/N-ethyl adjacent to an activating group) is 1. The van der Waals surface area contributed by atoms with E-state index in [1.54, 1.807) is 0 Å². The van der Waals surface area contributed by atoms with Gasteiger partial charge in [0.05, 0.1) is 0 Å². The first-order chi connectivity index (χ1) is 7.29. The first-order valence-electron chi connectivity index (χ1n) is 6.31. The molecule has 96 valence electrons. The van der Waals surface area contributed by atoms with Crippen LogP contribution in [0.5, 0.6) is 0 Å². The Hall–Kier alpha value is -0.570. The summed E-state index contributed by atoms with van der Waals surface area (Å²) in [6, 6.07) is 0.337. The van der Waals surface area contributed by atoms with E-state index in [0.29, 0.717) is 18.5 Å². The standard InChI is InChI=1S/C13H28N2O/c1-7-14-11(4)9-15-12(16)13(5,6)8-10(2)3/h10-11,14H,7-9H2,1-6H3,(H,15,16)/t11-/m1/s1. The van der Waals surface area contributed by atoms with Crippen molar-refractivity contribution in [3.63, 3.8) is 0 Å². The lowest BCUT2D eigenvalue weighted by molar-refractivity contribution is -0.130. The van der Waals surface area contributed by atoms with Crippen molar-refractivity contribution in [1.82, 2.24) is 10.6 Å². The molecule has 0 saturated carbocycles. The van der Waals surface area contributed by atoms with Crippen LogP contribution in [0.2, 0.25) is 0 Å². The normalized spacial score (nSPS) is 13.9. The molecule has 0 bridgehead atoms. The molecule has 0 radical (unpaired) electrons. The summed E-state index contributed by atoms with van der Waals surface area (Å²) in [5.74, 6) is 0.706. The van der Waals surface area contributed by atoms with Crippen LogP contribution in [0.25, 0.3) is 0 Å². The Labute approximate surface area is 100 Å². The molecule has 0 spiro atoms. The van der Waals surface area contributed by atoms with Gasteiger partial charge in [0.15, 0.2) is 0 Å². The van der Waals surface area contributed by atoms with Gasteiger partial charge in [0.1, 0.15) is 0 Å². The number of hydrogen-bond donors (Lipinski definition) is 2. The molecule has 0 aliphatic carbocycles. The highest BCUT2D eigenvalue weighted by molar-refractivity contribution is 5.81. The third kappa shape index (κ3) is 6.11. The SMILES string of the molecule is CCN[C@H](C)CNC(=O)C(C)(C)CC(C)C. The van der Waals surface area contributed by atoms with Crippen LogP contribution in [0.4, 0.5) is 0 Å². The van der Waals surface area contributed by atoms with Crippen molar-refractivity contribution in [2.24, 2.45) is 11.3 Å². The largest absolute Gasteiger partial charge is 0.354 e. The Morgan fingerprint density at radius 3 is 2.25 bits per heavy atom. The average molecular weight is 228 g/mol. The van der Waals surface area contributed by atoms with Crippen LogP contribution in [0.15, 0.2) is 0 Å². The molecular formula is C13H28N2O. The van der Waals surface area contributed by atoms with Gasteiger partial charge in [-0.15, -0.1) is 0 Å². The van der Waals surface area contributed by atoms with E-state index in [0.717, 1.165) is 13.0 Å². The van der Waals surface area contributed by atoms with Crippen molar-refractivity contribution < 1.29 is 4.79 Å². The van der Waals surface area contributed by atoms with E-state index < -0.39 is 0 Å². The van der Waals surface area contributed by atoms with E-state index in [-0.39, 0.29) is 11.3 Å². The van der Waals surface area contributed by atoms with Gasteiger partial charge >= 0.3 is 0 Å². The lowest BCUT2D eigenvalue weighted by Gasteiger charge is -2.26. The van der Waals surface area contributed by atoms with Crippen molar-refractivity contribution in [2.75, 3.05) is 13.1 Å². The number of hydrogen-bond acceptors (Lipinski definition) is 2. The van der Waals surface area contributed by atoms with Gasteiger partial charge in [-0.1, -0.05) is 34.6 Å². The lowest BCUT2D eigenvalue weighted by Crippen LogP contribution is -2.44. The second-order valence-electron chi connectivity index (χ2n) is 5.65. The summed E-state index contributed by atoms with van der Waals surface area (Å²) in [7, 11) is 0. The Morgan fingerprint density at radius 2 is 1.81 bits per heavy atom. The fourth-order valence-electron chi connectivity index (χ4n) is 2.02. The molecule has 0 aliphatic rings. The second-order valence-corrected chi connectivity index (χ2v) is 5.65. The molecule has 0 aliphatic heterocycles.